The lowest BCUT2D eigenvalue weighted by atomic mass is 9.95. The number of carbonyl (C=O) groups is 1. The van der Waals surface area contributed by atoms with Crippen molar-refractivity contribution in [1.82, 2.24) is 15.5 Å². The molecule has 0 aromatic heterocycles. The zero-order chi connectivity index (χ0) is 14.2. The number of rotatable bonds is 6. The average Bonchev–Trinajstić information content (AvgIpc) is 2.48. The van der Waals surface area contributed by atoms with Crippen LogP contribution in [0.1, 0.15) is 51.9 Å². The second-order valence-corrected chi connectivity index (χ2v) is 6.44. The Morgan fingerprint density at radius 2 is 2.00 bits per heavy atom. The third-order valence-electron chi connectivity index (χ3n) is 4.70. The first-order valence-electron chi connectivity index (χ1n) is 8.50. The minimum atomic E-state index is 0.225. The molecule has 0 aromatic carbocycles. The second kappa shape index (κ2) is 8.63. The van der Waals surface area contributed by atoms with Crippen LogP contribution in [0, 0.1) is 5.92 Å². The lowest BCUT2D eigenvalue weighted by Crippen LogP contribution is -2.45. The van der Waals surface area contributed by atoms with Crippen molar-refractivity contribution in [1.29, 1.82) is 0 Å². The summed E-state index contributed by atoms with van der Waals surface area (Å²) in [5.41, 5.74) is 0. The van der Waals surface area contributed by atoms with Crippen molar-refractivity contribution in [2.45, 2.75) is 57.9 Å². The molecule has 2 rings (SSSR count). The first kappa shape index (κ1) is 15.8. The highest BCUT2D eigenvalue weighted by Crippen LogP contribution is 2.17. The van der Waals surface area contributed by atoms with E-state index in [9.17, 15) is 4.79 Å². The molecule has 1 saturated heterocycles. The van der Waals surface area contributed by atoms with Crippen LogP contribution in [0.25, 0.3) is 0 Å². The zero-order valence-corrected chi connectivity index (χ0v) is 13.0. The predicted molar refractivity (Wildman–Crippen MR) is 82.7 cm³/mol. The molecule has 1 aliphatic carbocycles. The van der Waals surface area contributed by atoms with Gasteiger partial charge in [-0.2, -0.15) is 0 Å². The van der Waals surface area contributed by atoms with E-state index in [1.165, 1.54) is 44.9 Å². The number of hydrogen-bond donors (Lipinski definition) is 2. The first-order valence-corrected chi connectivity index (χ1v) is 8.50. The number of piperidine rings is 1. The van der Waals surface area contributed by atoms with Gasteiger partial charge in [0.2, 0.25) is 5.91 Å². The predicted octanol–water partition coefficient (Wildman–Crippen LogP) is 1.76. The van der Waals surface area contributed by atoms with Crippen LogP contribution in [0.5, 0.6) is 0 Å². The summed E-state index contributed by atoms with van der Waals surface area (Å²) in [6, 6.07) is 0.436. The van der Waals surface area contributed by atoms with Crippen molar-refractivity contribution in [3.63, 3.8) is 0 Å². The normalized spacial score (nSPS) is 24.8. The van der Waals surface area contributed by atoms with Crippen molar-refractivity contribution >= 4 is 5.91 Å². The molecule has 1 unspecified atom stereocenters. The van der Waals surface area contributed by atoms with E-state index in [4.69, 9.17) is 0 Å². The zero-order valence-electron chi connectivity index (χ0n) is 13.0. The standard InChI is InChI=1S/C16H31N3O/c1-2-19(12-14-7-6-10-17-11-14)13-16(20)18-15-8-4-3-5-9-15/h14-15,17H,2-13H2,1H3,(H,18,20). The van der Waals surface area contributed by atoms with Crippen LogP contribution in [-0.4, -0.2) is 49.6 Å². The molecule has 2 fully saturated rings. The molecule has 1 aliphatic heterocycles. The summed E-state index contributed by atoms with van der Waals surface area (Å²) in [7, 11) is 0. The Kier molecular flexibility index (Phi) is 6.80. The summed E-state index contributed by atoms with van der Waals surface area (Å²) >= 11 is 0. The van der Waals surface area contributed by atoms with E-state index in [0.717, 1.165) is 26.2 Å². The molecule has 4 heteroatoms. The van der Waals surface area contributed by atoms with Crippen LogP contribution < -0.4 is 10.6 Å². The average molecular weight is 281 g/mol. The molecule has 0 aromatic rings. The van der Waals surface area contributed by atoms with E-state index in [-0.39, 0.29) is 5.91 Å². The van der Waals surface area contributed by atoms with Gasteiger partial charge in [-0.25, -0.2) is 0 Å². The molecule has 4 nitrogen and oxygen atoms in total. The Hall–Kier alpha value is -0.610. The monoisotopic (exact) mass is 281 g/mol. The van der Waals surface area contributed by atoms with Crippen LogP contribution in [0.4, 0.5) is 0 Å². The summed E-state index contributed by atoms with van der Waals surface area (Å²) in [5, 5.41) is 6.68. The molecule has 0 bridgehead atoms. The van der Waals surface area contributed by atoms with Crippen molar-refractivity contribution in [3.8, 4) is 0 Å². The summed E-state index contributed by atoms with van der Waals surface area (Å²) in [4.78, 5) is 14.5. The maximum Gasteiger partial charge on any atom is 0.234 e. The third kappa shape index (κ3) is 5.41. The minimum absolute atomic E-state index is 0.225. The largest absolute Gasteiger partial charge is 0.352 e. The molecule has 2 aliphatic rings. The van der Waals surface area contributed by atoms with Gasteiger partial charge in [0, 0.05) is 12.6 Å². The van der Waals surface area contributed by atoms with E-state index in [2.05, 4.69) is 22.5 Å². The first-order chi connectivity index (χ1) is 9.78. The fraction of sp³-hybridized carbons (Fsp3) is 0.938. The highest BCUT2D eigenvalue weighted by molar-refractivity contribution is 5.78. The van der Waals surface area contributed by atoms with Crippen molar-refractivity contribution in [3.05, 3.63) is 0 Å². The van der Waals surface area contributed by atoms with Crippen LogP contribution in [0.15, 0.2) is 0 Å². The molecule has 116 valence electrons. The van der Waals surface area contributed by atoms with Crippen LogP contribution in [0.3, 0.4) is 0 Å². The number of hydrogen-bond acceptors (Lipinski definition) is 3. The molecular weight excluding hydrogens is 250 g/mol. The minimum Gasteiger partial charge on any atom is -0.352 e. The van der Waals surface area contributed by atoms with E-state index in [1.807, 2.05) is 0 Å². The fourth-order valence-electron chi connectivity index (χ4n) is 3.47. The number of amides is 1. The fourth-order valence-corrected chi connectivity index (χ4v) is 3.47. The highest BCUT2D eigenvalue weighted by atomic mass is 16.2. The number of nitrogens with zero attached hydrogens (tertiary/aromatic N) is 1. The maximum absolute atomic E-state index is 12.2. The van der Waals surface area contributed by atoms with Gasteiger partial charge in [0.25, 0.3) is 0 Å². The second-order valence-electron chi connectivity index (χ2n) is 6.44. The van der Waals surface area contributed by atoms with Gasteiger partial charge in [-0.05, 0) is 51.2 Å². The number of nitrogens with one attached hydrogen (secondary N) is 2. The Balaban J connectivity index is 1.69. The smallest absolute Gasteiger partial charge is 0.234 e. The molecule has 1 atom stereocenters. The molecule has 20 heavy (non-hydrogen) atoms. The Bertz CT molecular complexity index is 283. The Labute approximate surface area is 123 Å². The van der Waals surface area contributed by atoms with E-state index >= 15 is 0 Å². The van der Waals surface area contributed by atoms with Gasteiger partial charge in [0.05, 0.1) is 6.54 Å². The molecule has 0 radical (unpaired) electrons. The summed E-state index contributed by atoms with van der Waals surface area (Å²) in [5.74, 6) is 0.939. The molecule has 2 N–H and O–H groups in total. The SMILES string of the molecule is CCN(CC(=O)NC1CCCCC1)CC1CCCNC1. The Morgan fingerprint density at radius 1 is 1.20 bits per heavy atom. The number of carbonyl (C=O) groups excluding carboxylic acids is 1. The van der Waals surface area contributed by atoms with E-state index in [1.54, 1.807) is 0 Å². The maximum atomic E-state index is 12.2. The van der Waals surface area contributed by atoms with Crippen molar-refractivity contribution in [2.75, 3.05) is 32.7 Å². The van der Waals surface area contributed by atoms with E-state index < -0.39 is 0 Å². The van der Waals surface area contributed by atoms with Crippen LogP contribution in [-0.2, 0) is 4.79 Å². The van der Waals surface area contributed by atoms with Gasteiger partial charge in [-0.3, -0.25) is 9.69 Å². The van der Waals surface area contributed by atoms with Gasteiger partial charge in [-0.15, -0.1) is 0 Å². The lowest BCUT2D eigenvalue weighted by Gasteiger charge is -2.30. The van der Waals surface area contributed by atoms with Gasteiger partial charge in [0.1, 0.15) is 0 Å². The molecule has 0 spiro atoms. The Morgan fingerprint density at radius 3 is 2.65 bits per heavy atom. The van der Waals surface area contributed by atoms with Crippen molar-refractivity contribution in [2.24, 2.45) is 5.92 Å². The lowest BCUT2D eigenvalue weighted by molar-refractivity contribution is -0.123. The molecule has 1 saturated carbocycles. The van der Waals surface area contributed by atoms with Gasteiger partial charge in [0.15, 0.2) is 0 Å². The molecule has 1 amide bonds. The summed E-state index contributed by atoms with van der Waals surface area (Å²) in [6.45, 7) is 7.02. The van der Waals surface area contributed by atoms with Gasteiger partial charge < -0.3 is 10.6 Å². The van der Waals surface area contributed by atoms with Gasteiger partial charge in [-0.1, -0.05) is 26.2 Å². The topological polar surface area (TPSA) is 44.4 Å². The third-order valence-corrected chi connectivity index (χ3v) is 4.70. The van der Waals surface area contributed by atoms with Crippen LogP contribution in [0.2, 0.25) is 0 Å². The molecule has 1 heterocycles. The summed E-state index contributed by atoms with van der Waals surface area (Å²) in [6.07, 6.45) is 8.80. The molecular formula is C16H31N3O. The number of likely N-dealkylation sites (N-methyl/N-ethyl adjacent to an activating group) is 1. The highest BCUT2D eigenvalue weighted by Gasteiger charge is 2.20. The summed E-state index contributed by atoms with van der Waals surface area (Å²) < 4.78 is 0. The van der Waals surface area contributed by atoms with Crippen molar-refractivity contribution < 1.29 is 4.79 Å². The van der Waals surface area contributed by atoms with Gasteiger partial charge >= 0.3 is 0 Å². The quantitative estimate of drug-likeness (QED) is 0.780. The van der Waals surface area contributed by atoms with E-state index in [0.29, 0.717) is 18.5 Å². The van der Waals surface area contributed by atoms with Crippen LogP contribution >= 0.6 is 0 Å².